The molecule has 4 aromatic rings. The van der Waals surface area contributed by atoms with Crippen LogP contribution >= 0.6 is 0 Å². The largest absolute Gasteiger partial charge is 0.303 e. The number of aldehydes is 1. The van der Waals surface area contributed by atoms with Gasteiger partial charge in [-0.3, -0.25) is 4.79 Å². The zero-order chi connectivity index (χ0) is 17.9. The number of fused-ring (bicyclic) bond motifs is 2. The van der Waals surface area contributed by atoms with Crippen LogP contribution in [0.1, 0.15) is 17.7 Å². The van der Waals surface area contributed by atoms with Crippen LogP contribution in [0.25, 0.3) is 21.5 Å². The van der Waals surface area contributed by atoms with Crippen molar-refractivity contribution in [3.05, 3.63) is 88.3 Å². The lowest BCUT2D eigenvalue weighted by molar-refractivity contribution is -0.108. The van der Waals surface area contributed by atoms with Crippen LogP contribution in [0.5, 0.6) is 0 Å². The smallest absolute Gasteiger partial charge is 0.274 e. The Hall–Kier alpha value is -3.27. The summed E-state index contributed by atoms with van der Waals surface area (Å²) in [7, 11) is 0. The number of carbonyl (C=O) groups is 1. The van der Waals surface area contributed by atoms with Gasteiger partial charge in [-0.15, -0.1) is 0 Å². The third kappa shape index (κ3) is 2.90. The van der Waals surface area contributed by atoms with Gasteiger partial charge in [-0.05, 0) is 22.4 Å². The highest BCUT2D eigenvalue weighted by Crippen LogP contribution is 2.23. The molecule has 1 heterocycles. The molecule has 4 nitrogen and oxygen atoms in total. The van der Waals surface area contributed by atoms with Crippen molar-refractivity contribution in [3.8, 4) is 0 Å². The van der Waals surface area contributed by atoms with Crippen molar-refractivity contribution in [2.24, 2.45) is 0 Å². The third-order valence-electron chi connectivity index (χ3n) is 4.64. The molecule has 4 heteroatoms. The Balaban J connectivity index is 1.89. The molecule has 0 amide bonds. The van der Waals surface area contributed by atoms with Crippen LogP contribution < -0.4 is 5.56 Å². The molecule has 0 saturated carbocycles. The van der Waals surface area contributed by atoms with Crippen LogP contribution in [0.4, 0.5) is 0 Å². The van der Waals surface area contributed by atoms with Gasteiger partial charge < -0.3 is 4.79 Å². The van der Waals surface area contributed by atoms with Gasteiger partial charge in [0.25, 0.3) is 5.56 Å². The fourth-order valence-corrected chi connectivity index (χ4v) is 3.39. The first kappa shape index (κ1) is 16.2. The van der Waals surface area contributed by atoms with Crippen LogP contribution in [0.3, 0.4) is 0 Å². The molecule has 0 radical (unpaired) electrons. The molecule has 0 aliphatic carbocycles. The highest BCUT2D eigenvalue weighted by Gasteiger charge is 2.12. The Kier molecular flexibility index (Phi) is 4.32. The lowest BCUT2D eigenvalue weighted by atomic mass is 9.99. The summed E-state index contributed by atoms with van der Waals surface area (Å²) in [6.07, 6.45) is 1.72. The number of hydrogen-bond acceptors (Lipinski definition) is 3. The van der Waals surface area contributed by atoms with E-state index in [1.54, 1.807) is 0 Å². The van der Waals surface area contributed by atoms with E-state index >= 15 is 0 Å². The quantitative estimate of drug-likeness (QED) is 0.519. The van der Waals surface area contributed by atoms with E-state index < -0.39 is 0 Å². The van der Waals surface area contributed by atoms with E-state index in [0.717, 1.165) is 17.4 Å². The molecule has 0 aliphatic rings. The van der Waals surface area contributed by atoms with Gasteiger partial charge in [0.05, 0.1) is 17.6 Å². The molecule has 0 unspecified atom stereocenters. The average Bonchev–Trinajstić information content (AvgIpc) is 2.69. The Morgan fingerprint density at radius 1 is 0.846 bits per heavy atom. The van der Waals surface area contributed by atoms with Gasteiger partial charge in [0.2, 0.25) is 0 Å². The summed E-state index contributed by atoms with van der Waals surface area (Å²) in [4.78, 5) is 23.4. The van der Waals surface area contributed by atoms with Crippen molar-refractivity contribution in [1.82, 2.24) is 9.78 Å². The van der Waals surface area contributed by atoms with E-state index in [-0.39, 0.29) is 12.0 Å². The summed E-state index contributed by atoms with van der Waals surface area (Å²) in [5.74, 6) is 0. The first-order valence-electron chi connectivity index (χ1n) is 8.67. The minimum atomic E-state index is -0.149. The van der Waals surface area contributed by atoms with Crippen LogP contribution in [0, 0.1) is 0 Å². The molecule has 0 spiro atoms. The molecule has 0 saturated heterocycles. The minimum absolute atomic E-state index is 0.149. The Morgan fingerprint density at radius 2 is 1.54 bits per heavy atom. The Morgan fingerprint density at radius 3 is 2.35 bits per heavy atom. The lowest BCUT2D eigenvalue weighted by Gasteiger charge is -2.12. The van der Waals surface area contributed by atoms with Crippen molar-refractivity contribution in [3.63, 3.8) is 0 Å². The maximum atomic E-state index is 12.6. The molecule has 4 rings (SSSR count). The molecule has 0 atom stereocenters. The third-order valence-corrected chi connectivity index (χ3v) is 4.64. The fourth-order valence-electron chi connectivity index (χ4n) is 3.39. The molecule has 26 heavy (non-hydrogen) atoms. The monoisotopic (exact) mass is 342 g/mol. The normalized spacial score (nSPS) is 11.1. The number of aryl methyl sites for hydroxylation is 1. The molecule has 3 aromatic carbocycles. The first-order chi connectivity index (χ1) is 12.8. The van der Waals surface area contributed by atoms with Gasteiger partial charge in [0.15, 0.2) is 0 Å². The van der Waals surface area contributed by atoms with Crippen molar-refractivity contribution >= 4 is 27.8 Å². The van der Waals surface area contributed by atoms with Crippen molar-refractivity contribution in [2.45, 2.75) is 19.4 Å². The first-order valence-corrected chi connectivity index (χ1v) is 8.67. The maximum absolute atomic E-state index is 12.6. The van der Waals surface area contributed by atoms with Gasteiger partial charge >= 0.3 is 0 Å². The van der Waals surface area contributed by atoms with E-state index in [1.165, 1.54) is 21.0 Å². The minimum Gasteiger partial charge on any atom is -0.303 e. The number of benzene rings is 3. The average molecular weight is 342 g/mol. The Labute approximate surface area is 150 Å². The van der Waals surface area contributed by atoms with Crippen molar-refractivity contribution in [1.29, 1.82) is 0 Å². The predicted molar refractivity (Wildman–Crippen MR) is 103 cm³/mol. The molecule has 1 aromatic heterocycles. The van der Waals surface area contributed by atoms with E-state index in [9.17, 15) is 9.59 Å². The van der Waals surface area contributed by atoms with Gasteiger partial charge in [0, 0.05) is 18.2 Å². The standard InChI is InChI=1S/C22H18N2O2/c25-14-6-13-24-22(26)20-12-4-3-11-19(20)21(23-24)15-17-9-5-8-16-7-1-2-10-18(16)17/h1-5,7-12,14H,6,13,15H2. The van der Waals surface area contributed by atoms with Crippen LogP contribution in [0.2, 0.25) is 0 Å². The highest BCUT2D eigenvalue weighted by atomic mass is 16.1. The molecule has 0 aliphatic heterocycles. The second-order valence-corrected chi connectivity index (χ2v) is 6.29. The summed E-state index contributed by atoms with van der Waals surface area (Å²) in [6, 6.07) is 22.0. The van der Waals surface area contributed by atoms with Gasteiger partial charge in [-0.2, -0.15) is 5.10 Å². The summed E-state index contributed by atoms with van der Waals surface area (Å²) in [5.41, 5.74) is 1.87. The molecular formula is C22H18N2O2. The zero-order valence-corrected chi connectivity index (χ0v) is 14.3. The maximum Gasteiger partial charge on any atom is 0.274 e. The zero-order valence-electron chi connectivity index (χ0n) is 14.3. The van der Waals surface area contributed by atoms with Crippen LogP contribution in [-0.2, 0) is 17.8 Å². The van der Waals surface area contributed by atoms with Crippen molar-refractivity contribution in [2.75, 3.05) is 0 Å². The van der Waals surface area contributed by atoms with E-state index in [1.807, 2.05) is 42.5 Å². The molecule has 128 valence electrons. The van der Waals surface area contributed by atoms with Crippen molar-refractivity contribution < 1.29 is 4.79 Å². The van der Waals surface area contributed by atoms with Crippen LogP contribution in [-0.4, -0.2) is 16.1 Å². The number of nitrogens with zero attached hydrogens (tertiary/aromatic N) is 2. The number of hydrogen-bond donors (Lipinski definition) is 0. The number of rotatable bonds is 5. The molecular weight excluding hydrogens is 324 g/mol. The summed E-state index contributed by atoms with van der Waals surface area (Å²) in [5, 5.41) is 8.47. The fraction of sp³-hybridized carbons (Fsp3) is 0.136. The molecule has 0 fully saturated rings. The topological polar surface area (TPSA) is 52.0 Å². The van der Waals surface area contributed by atoms with E-state index in [4.69, 9.17) is 0 Å². The lowest BCUT2D eigenvalue weighted by Crippen LogP contribution is -2.25. The van der Waals surface area contributed by atoms with E-state index in [2.05, 4.69) is 29.4 Å². The Bertz CT molecular complexity index is 1160. The van der Waals surface area contributed by atoms with Crippen LogP contribution in [0.15, 0.2) is 71.5 Å². The van der Waals surface area contributed by atoms with Gasteiger partial charge in [-0.25, -0.2) is 4.68 Å². The number of aromatic nitrogens is 2. The number of carbonyl (C=O) groups excluding carboxylic acids is 1. The second-order valence-electron chi connectivity index (χ2n) is 6.29. The van der Waals surface area contributed by atoms with Gasteiger partial charge in [-0.1, -0.05) is 60.7 Å². The molecule has 0 bridgehead atoms. The summed E-state index contributed by atoms with van der Waals surface area (Å²) >= 11 is 0. The highest BCUT2D eigenvalue weighted by molar-refractivity contribution is 5.88. The van der Waals surface area contributed by atoms with Gasteiger partial charge in [0.1, 0.15) is 6.29 Å². The SMILES string of the molecule is O=CCCn1nc(Cc2cccc3ccccc23)c2ccccc2c1=O. The summed E-state index contributed by atoms with van der Waals surface area (Å²) < 4.78 is 1.41. The molecule has 0 N–H and O–H groups in total. The predicted octanol–water partition coefficient (Wildman–Crippen LogP) is 3.73. The second kappa shape index (κ2) is 6.92. The summed E-state index contributed by atoms with van der Waals surface area (Å²) in [6.45, 7) is 0.301. The van der Waals surface area contributed by atoms with E-state index in [0.29, 0.717) is 18.4 Å².